The molecular formula is C83H162O17P2. The fraction of sp³-hybridized carbons (Fsp3) is 0.952. The van der Waals surface area contributed by atoms with Crippen molar-refractivity contribution in [1.29, 1.82) is 0 Å². The first-order valence-electron chi connectivity index (χ1n) is 42.8. The second kappa shape index (κ2) is 73.2. The quantitative estimate of drug-likeness (QED) is 0.0222. The molecule has 0 aromatic carbocycles. The topological polar surface area (TPSA) is 237 Å². The van der Waals surface area contributed by atoms with Gasteiger partial charge < -0.3 is 33.8 Å². The molecule has 0 fully saturated rings. The Morgan fingerprint density at radius 1 is 0.265 bits per heavy atom. The SMILES string of the molecule is CCCCCCCCCCCCCCCCCCCCCCC(=O)O[C@H](COC(=O)CCCCCCCCCCCCCCCCCC(C)C)COP(=O)(O)OC[C@@H](O)COP(=O)(O)OC[C@@H](COC(=O)CCCCCCCCCCCC(C)C)OC(=O)CCCCCCCCCCCC(C)C. The van der Waals surface area contributed by atoms with Gasteiger partial charge in [-0.2, -0.15) is 0 Å². The van der Waals surface area contributed by atoms with E-state index in [0.29, 0.717) is 25.7 Å². The summed E-state index contributed by atoms with van der Waals surface area (Å²) in [4.78, 5) is 73.1. The van der Waals surface area contributed by atoms with Gasteiger partial charge in [0, 0.05) is 25.7 Å². The third kappa shape index (κ3) is 76.3. The first kappa shape index (κ1) is 100. The zero-order chi connectivity index (χ0) is 75.1. The first-order chi connectivity index (χ1) is 49.2. The Morgan fingerprint density at radius 2 is 0.451 bits per heavy atom. The number of esters is 4. The van der Waals surface area contributed by atoms with Crippen molar-refractivity contribution < 1.29 is 80.2 Å². The number of unbranched alkanes of at least 4 members (excludes halogenated alkanes) is 49. The lowest BCUT2D eigenvalue weighted by atomic mass is 10.0. The van der Waals surface area contributed by atoms with Crippen LogP contribution in [0.1, 0.15) is 434 Å². The summed E-state index contributed by atoms with van der Waals surface area (Å²) in [7, 11) is -9.92. The van der Waals surface area contributed by atoms with Crippen LogP contribution in [0, 0.1) is 17.8 Å². The van der Waals surface area contributed by atoms with Crippen molar-refractivity contribution in [2.24, 2.45) is 17.8 Å². The van der Waals surface area contributed by atoms with E-state index < -0.39 is 97.5 Å². The number of phosphoric ester groups is 2. The molecule has 0 radical (unpaired) electrons. The highest BCUT2D eigenvalue weighted by Gasteiger charge is 2.30. The van der Waals surface area contributed by atoms with E-state index >= 15 is 0 Å². The molecule has 3 N–H and O–H groups in total. The van der Waals surface area contributed by atoms with Crippen molar-refractivity contribution in [3.8, 4) is 0 Å². The van der Waals surface area contributed by atoms with Crippen LogP contribution in [0.4, 0.5) is 0 Å². The minimum Gasteiger partial charge on any atom is -0.462 e. The van der Waals surface area contributed by atoms with Gasteiger partial charge in [0.05, 0.1) is 26.4 Å². The van der Waals surface area contributed by atoms with E-state index in [4.69, 9.17) is 37.0 Å². The molecule has 606 valence electrons. The summed E-state index contributed by atoms with van der Waals surface area (Å²) in [6, 6.07) is 0. The molecule has 19 heteroatoms. The molecule has 0 heterocycles. The van der Waals surface area contributed by atoms with Gasteiger partial charge in [0.15, 0.2) is 12.2 Å². The molecule has 0 saturated heterocycles. The largest absolute Gasteiger partial charge is 0.472 e. The Hall–Kier alpha value is -1.94. The summed E-state index contributed by atoms with van der Waals surface area (Å²) < 4.78 is 68.8. The summed E-state index contributed by atoms with van der Waals surface area (Å²) in [6.07, 6.45) is 62.6. The maximum atomic E-state index is 13.1. The van der Waals surface area contributed by atoms with Crippen LogP contribution in [0.3, 0.4) is 0 Å². The molecule has 0 aromatic heterocycles. The van der Waals surface area contributed by atoms with Gasteiger partial charge in [-0.25, -0.2) is 9.13 Å². The average Bonchev–Trinajstić information content (AvgIpc) is 1.10. The predicted octanol–water partition coefficient (Wildman–Crippen LogP) is 24.9. The first-order valence-corrected chi connectivity index (χ1v) is 45.8. The Kier molecular flexibility index (Phi) is 71.8. The fourth-order valence-electron chi connectivity index (χ4n) is 12.8. The molecule has 2 unspecified atom stereocenters. The Morgan fingerprint density at radius 3 is 0.667 bits per heavy atom. The van der Waals surface area contributed by atoms with Crippen molar-refractivity contribution in [1.82, 2.24) is 0 Å². The lowest BCUT2D eigenvalue weighted by molar-refractivity contribution is -0.161. The van der Waals surface area contributed by atoms with E-state index in [1.54, 1.807) is 0 Å². The van der Waals surface area contributed by atoms with Crippen LogP contribution in [-0.2, 0) is 65.4 Å². The van der Waals surface area contributed by atoms with Crippen molar-refractivity contribution in [2.45, 2.75) is 452 Å². The van der Waals surface area contributed by atoms with Crippen molar-refractivity contribution in [2.75, 3.05) is 39.6 Å². The number of carbonyl (C=O) groups excluding carboxylic acids is 4. The van der Waals surface area contributed by atoms with E-state index in [1.807, 2.05) is 0 Å². The molecule has 0 rings (SSSR count). The van der Waals surface area contributed by atoms with Gasteiger partial charge in [-0.3, -0.25) is 37.3 Å². The third-order valence-electron chi connectivity index (χ3n) is 19.4. The second-order valence-electron chi connectivity index (χ2n) is 31.3. The standard InChI is InChI=1S/C83H162O17P2/c1-8-9-10-11-12-13-14-15-16-17-18-19-20-23-27-30-37-45-52-59-66-82(87)99-78(70-93-80(85)64-57-50-43-36-29-26-24-21-22-25-28-33-40-47-54-61-74(2)3)72-97-101(89,90)95-68-77(84)69-96-102(91,92)98-73-79(100-83(88)67-60-53-46-39-32-35-42-49-56-63-76(6)7)71-94-81(86)65-58-51-44-38-31-34-41-48-55-62-75(4)5/h74-79,84H,8-73H2,1-7H3,(H,89,90)(H,91,92)/t77-,78-,79-/m1/s1. The predicted molar refractivity (Wildman–Crippen MR) is 418 cm³/mol. The molecule has 0 bridgehead atoms. The highest BCUT2D eigenvalue weighted by Crippen LogP contribution is 2.45. The van der Waals surface area contributed by atoms with E-state index in [1.165, 1.54) is 244 Å². The summed E-state index contributed by atoms with van der Waals surface area (Å²) in [6.45, 7) is 11.9. The van der Waals surface area contributed by atoms with Gasteiger partial charge in [0.25, 0.3) is 0 Å². The minimum atomic E-state index is -4.96. The van der Waals surface area contributed by atoms with Crippen LogP contribution >= 0.6 is 15.6 Å². The molecule has 0 aliphatic carbocycles. The van der Waals surface area contributed by atoms with Crippen LogP contribution < -0.4 is 0 Å². The van der Waals surface area contributed by atoms with Crippen molar-refractivity contribution in [3.05, 3.63) is 0 Å². The Bertz CT molecular complexity index is 1970. The highest BCUT2D eigenvalue weighted by molar-refractivity contribution is 7.47. The van der Waals surface area contributed by atoms with Crippen molar-refractivity contribution in [3.63, 3.8) is 0 Å². The molecule has 17 nitrogen and oxygen atoms in total. The fourth-order valence-corrected chi connectivity index (χ4v) is 14.4. The molecule has 102 heavy (non-hydrogen) atoms. The normalized spacial score (nSPS) is 13.9. The lowest BCUT2D eigenvalue weighted by Gasteiger charge is -2.21. The van der Waals surface area contributed by atoms with Gasteiger partial charge in [0.1, 0.15) is 19.3 Å². The number of ether oxygens (including phenoxy) is 4. The molecule has 0 amide bonds. The summed E-state index contributed by atoms with van der Waals surface area (Å²) in [5.41, 5.74) is 0. The van der Waals surface area contributed by atoms with Gasteiger partial charge >= 0.3 is 39.5 Å². The zero-order valence-corrected chi connectivity index (χ0v) is 68.9. The van der Waals surface area contributed by atoms with E-state index in [-0.39, 0.29) is 25.7 Å². The maximum Gasteiger partial charge on any atom is 0.472 e. The monoisotopic (exact) mass is 1490 g/mol. The number of carbonyl (C=O) groups is 4. The third-order valence-corrected chi connectivity index (χ3v) is 21.3. The molecular weight excluding hydrogens is 1330 g/mol. The number of aliphatic hydroxyl groups excluding tert-OH is 1. The Labute approximate surface area is 626 Å². The van der Waals surface area contributed by atoms with E-state index in [0.717, 1.165) is 108 Å². The number of hydrogen-bond donors (Lipinski definition) is 3. The average molecular weight is 1490 g/mol. The van der Waals surface area contributed by atoms with Gasteiger partial charge in [-0.15, -0.1) is 0 Å². The molecule has 0 spiro atoms. The number of aliphatic hydroxyl groups is 1. The molecule has 0 saturated carbocycles. The van der Waals surface area contributed by atoms with Crippen molar-refractivity contribution >= 4 is 39.5 Å². The van der Waals surface area contributed by atoms with Gasteiger partial charge in [0.2, 0.25) is 0 Å². The maximum absolute atomic E-state index is 13.1. The van der Waals surface area contributed by atoms with Crippen LogP contribution in [0.15, 0.2) is 0 Å². The van der Waals surface area contributed by atoms with Crippen LogP contribution in [0.25, 0.3) is 0 Å². The van der Waals surface area contributed by atoms with Gasteiger partial charge in [-0.1, -0.05) is 382 Å². The molecule has 0 aliphatic rings. The van der Waals surface area contributed by atoms with Crippen LogP contribution in [0.2, 0.25) is 0 Å². The van der Waals surface area contributed by atoms with Crippen LogP contribution in [0.5, 0.6) is 0 Å². The second-order valence-corrected chi connectivity index (χ2v) is 34.2. The Balaban J connectivity index is 5.24. The minimum absolute atomic E-state index is 0.105. The van der Waals surface area contributed by atoms with Crippen LogP contribution in [-0.4, -0.2) is 96.7 Å². The summed E-state index contributed by atoms with van der Waals surface area (Å²) in [5.74, 6) is 0.177. The van der Waals surface area contributed by atoms with E-state index in [9.17, 15) is 43.2 Å². The zero-order valence-electron chi connectivity index (χ0n) is 67.1. The van der Waals surface area contributed by atoms with E-state index in [2.05, 4.69) is 48.5 Å². The molecule has 5 atom stereocenters. The summed E-state index contributed by atoms with van der Waals surface area (Å²) in [5, 5.41) is 10.7. The lowest BCUT2D eigenvalue weighted by Crippen LogP contribution is -2.30. The number of phosphoric acid groups is 2. The molecule has 0 aromatic rings. The summed E-state index contributed by atoms with van der Waals surface area (Å²) >= 11 is 0. The molecule has 0 aliphatic heterocycles. The van der Waals surface area contributed by atoms with Gasteiger partial charge in [-0.05, 0) is 43.4 Å². The number of hydrogen-bond acceptors (Lipinski definition) is 15. The highest BCUT2D eigenvalue weighted by atomic mass is 31.2. The smallest absolute Gasteiger partial charge is 0.462 e. The number of rotatable bonds is 81.